The Labute approximate surface area is 129 Å². The molecule has 1 aromatic carbocycles. The van der Waals surface area contributed by atoms with E-state index in [1.54, 1.807) is 0 Å². The van der Waals surface area contributed by atoms with Crippen LogP contribution in [0, 0.1) is 29.6 Å². The maximum absolute atomic E-state index is 10.8. The van der Waals surface area contributed by atoms with Crippen molar-refractivity contribution in [2.45, 2.75) is 52.1 Å². The van der Waals surface area contributed by atoms with E-state index in [0.29, 0.717) is 5.92 Å². The molecule has 108 valence electrons. The molecule has 0 saturated heterocycles. The Hall–Kier alpha value is -0.850. The Kier molecular flexibility index (Phi) is 4.88. The van der Waals surface area contributed by atoms with Crippen LogP contribution >= 0.6 is 15.9 Å². The second-order valence-electron chi connectivity index (χ2n) is 6.07. The molecule has 0 bridgehead atoms. The van der Waals surface area contributed by atoms with Gasteiger partial charge in [-0.1, -0.05) is 54.2 Å². The second-order valence-corrected chi connectivity index (χ2v) is 6.92. The number of nitriles is 1. The highest BCUT2D eigenvalue weighted by atomic mass is 79.9. The number of aryl methyl sites for hydroxylation is 1. The summed E-state index contributed by atoms with van der Waals surface area (Å²) in [5.41, 5.74) is 1.36. The third-order valence-electron chi connectivity index (χ3n) is 4.66. The molecule has 0 amide bonds. The molecule has 0 spiro atoms. The van der Waals surface area contributed by atoms with E-state index in [0.717, 1.165) is 41.3 Å². The molecule has 20 heavy (non-hydrogen) atoms. The largest absolute Gasteiger partial charge is 0.387 e. The predicted molar refractivity (Wildman–Crippen MR) is 84.1 cm³/mol. The van der Waals surface area contributed by atoms with E-state index in [2.05, 4.69) is 28.9 Å². The van der Waals surface area contributed by atoms with Gasteiger partial charge >= 0.3 is 0 Å². The molecule has 3 atom stereocenters. The summed E-state index contributed by atoms with van der Waals surface area (Å²) in [5, 5.41) is 20.5. The van der Waals surface area contributed by atoms with E-state index in [-0.39, 0.29) is 0 Å². The molecule has 1 aliphatic rings. The molecule has 2 rings (SSSR count). The molecular weight excluding hydrogens is 314 g/mol. The maximum atomic E-state index is 10.8. The maximum Gasteiger partial charge on any atom is 0.0987 e. The van der Waals surface area contributed by atoms with Crippen molar-refractivity contribution in [3.63, 3.8) is 0 Å². The van der Waals surface area contributed by atoms with Crippen LogP contribution < -0.4 is 0 Å². The van der Waals surface area contributed by atoms with Crippen LogP contribution in [-0.4, -0.2) is 5.11 Å². The number of aliphatic hydroxyl groups is 1. The normalized spacial score (nSPS) is 27.9. The van der Waals surface area contributed by atoms with Crippen molar-refractivity contribution in [2.24, 2.45) is 11.3 Å². The SMILES string of the molecule is CCC1CCCC(C#N)(C(O)c2ccc(C)cc2Br)C1. The van der Waals surface area contributed by atoms with Gasteiger partial charge in [-0.15, -0.1) is 0 Å². The predicted octanol–water partition coefficient (Wildman–Crippen LogP) is 4.90. The Morgan fingerprint density at radius 3 is 2.90 bits per heavy atom. The van der Waals surface area contributed by atoms with Crippen LogP contribution in [0.25, 0.3) is 0 Å². The monoisotopic (exact) mass is 335 g/mol. The van der Waals surface area contributed by atoms with E-state index in [1.165, 1.54) is 6.42 Å². The van der Waals surface area contributed by atoms with E-state index in [1.807, 2.05) is 25.1 Å². The zero-order valence-corrected chi connectivity index (χ0v) is 13.8. The summed E-state index contributed by atoms with van der Waals surface area (Å²) in [5.74, 6) is 0.558. The molecule has 1 fully saturated rings. The van der Waals surface area contributed by atoms with Crippen molar-refractivity contribution in [3.05, 3.63) is 33.8 Å². The van der Waals surface area contributed by atoms with Gasteiger partial charge in [0.25, 0.3) is 0 Å². The zero-order valence-electron chi connectivity index (χ0n) is 12.2. The Morgan fingerprint density at radius 2 is 2.30 bits per heavy atom. The lowest BCUT2D eigenvalue weighted by atomic mass is 9.65. The lowest BCUT2D eigenvalue weighted by Crippen LogP contribution is -2.33. The second kappa shape index (κ2) is 6.28. The molecule has 1 aromatic rings. The van der Waals surface area contributed by atoms with Crippen molar-refractivity contribution < 1.29 is 5.11 Å². The number of rotatable bonds is 3. The molecule has 0 heterocycles. The summed E-state index contributed by atoms with van der Waals surface area (Å²) >= 11 is 3.53. The van der Waals surface area contributed by atoms with Crippen LogP contribution in [-0.2, 0) is 0 Å². The van der Waals surface area contributed by atoms with Crippen LogP contribution in [0.5, 0.6) is 0 Å². The number of hydrogen-bond donors (Lipinski definition) is 1. The number of nitrogens with zero attached hydrogens (tertiary/aromatic N) is 1. The van der Waals surface area contributed by atoms with Crippen LogP contribution in [0.15, 0.2) is 22.7 Å². The molecule has 1 saturated carbocycles. The summed E-state index contributed by atoms with van der Waals surface area (Å²) in [7, 11) is 0. The summed E-state index contributed by atoms with van der Waals surface area (Å²) < 4.78 is 0.901. The van der Waals surface area contributed by atoms with E-state index < -0.39 is 11.5 Å². The summed E-state index contributed by atoms with van der Waals surface area (Å²) in [6.07, 6.45) is 4.19. The van der Waals surface area contributed by atoms with Crippen LogP contribution in [0.1, 0.15) is 56.3 Å². The van der Waals surface area contributed by atoms with Gasteiger partial charge in [-0.25, -0.2) is 0 Å². The third kappa shape index (κ3) is 2.92. The summed E-state index contributed by atoms with van der Waals surface area (Å²) in [6, 6.07) is 8.39. The fourth-order valence-electron chi connectivity index (χ4n) is 3.34. The zero-order chi connectivity index (χ0) is 14.8. The van der Waals surface area contributed by atoms with Gasteiger partial charge in [0.1, 0.15) is 0 Å². The fourth-order valence-corrected chi connectivity index (χ4v) is 4.05. The molecule has 3 unspecified atom stereocenters. The first-order valence-electron chi connectivity index (χ1n) is 7.38. The minimum atomic E-state index is -0.711. The molecule has 1 N–H and O–H groups in total. The van der Waals surface area contributed by atoms with E-state index in [4.69, 9.17) is 0 Å². The Morgan fingerprint density at radius 1 is 1.55 bits per heavy atom. The number of hydrogen-bond acceptors (Lipinski definition) is 2. The van der Waals surface area contributed by atoms with Gasteiger partial charge in [0.05, 0.1) is 17.6 Å². The highest BCUT2D eigenvalue weighted by molar-refractivity contribution is 9.10. The van der Waals surface area contributed by atoms with Crippen LogP contribution in [0.3, 0.4) is 0 Å². The standard InChI is InChI=1S/C17H22BrNO/c1-3-13-5-4-8-17(10-13,11-19)16(20)14-7-6-12(2)9-15(14)18/h6-7,9,13,16,20H,3-5,8,10H2,1-2H3. The number of benzene rings is 1. The van der Waals surface area contributed by atoms with Crippen molar-refractivity contribution >= 4 is 15.9 Å². The quantitative estimate of drug-likeness (QED) is 0.853. The summed E-state index contributed by atoms with van der Waals surface area (Å²) in [6.45, 7) is 4.20. The van der Waals surface area contributed by atoms with Crippen molar-refractivity contribution in [2.75, 3.05) is 0 Å². The van der Waals surface area contributed by atoms with Crippen LogP contribution in [0.2, 0.25) is 0 Å². The topological polar surface area (TPSA) is 44.0 Å². The van der Waals surface area contributed by atoms with E-state index in [9.17, 15) is 10.4 Å². The molecule has 0 aromatic heterocycles. The summed E-state index contributed by atoms with van der Waals surface area (Å²) in [4.78, 5) is 0. The van der Waals surface area contributed by atoms with E-state index >= 15 is 0 Å². The third-order valence-corrected chi connectivity index (χ3v) is 5.35. The molecule has 2 nitrogen and oxygen atoms in total. The highest BCUT2D eigenvalue weighted by Gasteiger charge is 2.43. The first-order valence-corrected chi connectivity index (χ1v) is 8.17. The minimum Gasteiger partial charge on any atom is -0.387 e. The van der Waals surface area contributed by atoms with Gasteiger partial charge < -0.3 is 5.11 Å². The average Bonchev–Trinajstić information content (AvgIpc) is 2.46. The lowest BCUT2D eigenvalue weighted by molar-refractivity contribution is 0.0180. The smallest absolute Gasteiger partial charge is 0.0987 e. The number of aliphatic hydroxyl groups excluding tert-OH is 1. The fraction of sp³-hybridized carbons (Fsp3) is 0.588. The minimum absolute atomic E-state index is 0.558. The molecule has 0 aliphatic heterocycles. The van der Waals surface area contributed by atoms with Crippen LogP contribution in [0.4, 0.5) is 0 Å². The van der Waals surface area contributed by atoms with Gasteiger partial charge in [-0.2, -0.15) is 5.26 Å². The van der Waals surface area contributed by atoms with Gasteiger partial charge in [0.2, 0.25) is 0 Å². The van der Waals surface area contributed by atoms with Gasteiger partial charge in [-0.3, -0.25) is 0 Å². The van der Waals surface area contributed by atoms with Gasteiger partial charge in [0, 0.05) is 4.47 Å². The average molecular weight is 336 g/mol. The number of halogens is 1. The first-order chi connectivity index (χ1) is 9.52. The molecule has 3 heteroatoms. The molecule has 0 radical (unpaired) electrons. The molecular formula is C17H22BrNO. The van der Waals surface area contributed by atoms with Gasteiger partial charge in [-0.05, 0) is 42.9 Å². The van der Waals surface area contributed by atoms with Gasteiger partial charge in [0.15, 0.2) is 0 Å². The van der Waals surface area contributed by atoms with Crippen molar-refractivity contribution in [1.29, 1.82) is 5.26 Å². The Bertz CT molecular complexity index is 522. The lowest BCUT2D eigenvalue weighted by Gasteiger charge is -2.39. The van der Waals surface area contributed by atoms with Crippen molar-refractivity contribution in [3.8, 4) is 6.07 Å². The highest BCUT2D eigenvalue weighted by Crippen LogP contribution is 2.49. The molecule has 1 aliphatic carbocycles. The first kappa shape index (κ1) is 15.5. The van der Waals surface area contributed by atoms with Crippen molar-refractivity contribution in [1.82, 2.24) is 0 Å². The Balaban J connectivity index is 2.33.